The van der Waals surface area contributed by atoms with Gasteiger partial charge in [0.15, 0.2) is 0 Å². The van der Waals surface area contributed by atoms with Crippen LogP contribution in [0.4, 0.5) is 4.39 Å². The number of benzene rings is 3. The van der Waals surface area contributed by atoms with Gasteiger partial charge in [0.2, 0.25) is 0 Å². The van der Waals surface area contributed by atoms with Crippen molar-refractivity contribution in [3.05, 3.63) is 108 Å². The maximum Gasteiger partial charge on any atom is 0.269 e. The van der Waals surface area contributed by atoms with E-state index in [0.717, 1.165) is 11.1 Å². The number of nitrogens with two attached hydrogens (primary N) is 1. The Kier molecular flexibility index (Phi) is 8.51. The van der Waals surface area contributed by atoms with Gasteiger partial charge in [-0.2, -0.15) is 0 Å². The van der Waals surface area contributed by atoms with Crippen LogP contribution in [0.1, 0.15) is 16.1 Å². The maximum absolute atomic E-state index is 13.1. The number of halogens is 1. The largest absolute Gasteiger partial charge is 0.457 e. The Morgan fingerprint density at radius 2 is 1.61 bits per heavy atom. The van der Waals surface area contributed by atoms with E-state index in [0.29, 0.717) is 35.2 Å². The van der Waals surface area contributed by atoms with Gasteiger partial charge in [0.25, 0.3) is 5.91 Å². The molecule has 0 fully saturated rings. The van der Waals surface area contributed by atoms with E-state index in [-0.39, 0.29) is 24.0 Å². The van der Waals surface area contributed by atoms with Crippen LogP contribution in [0.2, 0.25) is 0 Å². The highest BCUT2D eigenvalue weighted by Crippen LogP contribution is 2.25. The van der Waals surface area contributed by atoms with Crippen molar-refractivity contribution < 1.29 is 18.1 Å². The summed E-state index contributed by atoms with van der Waals surface area (Å²) >= 11 is 0. The van der Waals surface area contributed by atoms with Gasteiger partial charge in [0.1, 0.15) is 34.0 Å². The van der Waals surface area contributed by atoms with Gasteiger partial charge in [0, 0.05) is 25.2 Å². The van der Waals surface area contributed by atoms with E-state index in [1.165, 1.54) is 12.1 Å². The Morgan fingerprint density at radius 3 is 2.33 bits per heavy atom. The lowest BCUT2D eigenvalue weighted by Gasteiger charge is -2.09. The summed E-state index contributed by atoms with van der Waals surface area (Å²) in [5.41, 5.74) is 8.25. The van der Waals surface area contributed by atoms with E-state index < -0.39 is 11.0 Å². The minimum atomic E-state index is -1.40. The fourth-order valence-electron chi connectivity index (χ4n) is 3.34. The molecule has 0 bridgehead atoms. The van der Waals surface area contributed by atoms with Crippen LogP contribution in [-0.4, -0.2) is 28.2 Å². The molecule has 0 saturated carbocycles. The van der Waals surface area contributed by atoms with Crippen molar-refractivity contribution in [2.75, 3.05) is 13.1 Å². The van der Waals surface area contributed by atoms with E-state index in [4.69, 9.17) is 10.5 Å². The molecule has 7 nitrogen and oxygen atoms in total. The van der Waals surface area contributed by atoms with Gasteiger partial charge in [-0.1, -0.05) is 18.2 Å². The van der Waals surface area contributed by atoms with Gasteiger partial charge >= 0.3 is 0 Å². The molecule has 4 rings (SSSR count). The number of aromatic nitrogens is 1. The number of carbonyl (C=O) groups excluding carboxylic acids is 1. The van der Waals surface area contributed by atoms with Gasteiger partial charge < -0.3 is 15.8 Å². The molecular formula is C27H25FN4O3S. The summed E-state index contributed by atoms with van der Waals surface area (Å²) in [5, 5.41) is 2.78. The second kappa shape index (κ2) is 12.2. The van der Waals surface area contributed by atoms with Crippen LogP contribution in [0.25, 0.3) is 11.3 Å². The minimum absolute atomic E-state index is 0.274. The molecule has 9 heteroatoms. The first kappa shape index (κ1) is 25.2. The fourth-order valence-corrected chi connectivity index (χ4v) is 4.25. The van der Waals surface area contributed by atoms with Crippen molar-refractivity contribution in [1.82, 2.24) is 15.0 Å². The molecular weight excluding hydrogens is 479 g/mol. The molecule has 184 valence electrons. The average molecular weight is 505 g/mol. The predicted molar refractivity (Wildman–Crippen MR) is 137 cm³/mol. The van der Waals surface area contributed by atoms with Crippen molar-refractivity contribution >= 4 is 16.9 Å². The van der Waals surface area contributed by atoms with Crippen LogP contribution < -0.4 is 20.5 Å². The summed E-state index contributed by atoms with van der Waals surface area (Å²) in [7, 11) is -1.40. The molecule has 36 heavy (non-hydrogen) atoms. The first-order valence-corrected chi connectivity index (χ1v) is 12.4. The molecule has 1 unspecified atom stereocenters. The minimum Gasteiger partial charge on any atom is -0.457 e. The van der Waals surface area contributed by atoms with Crippen molar-refractivity contribution in [3.63, 3.8) is 0 Å². The zero-order chi connectivity index (χ0) is 25.3. The molecule has 0 aliphatic carbocycles. The highest BCUT2D eigenvalue weighted by molar-refractivity contribution is 7.83. The smallest absolute Gasteiger partial charge is 0.269 e. The molecule has 4 N–H and O–H groups in total. The SMILES string of the molecule is NCc1cccc(S(=O)NCCNC(=O)c2cccc(-c3ccc(Oc4ccc(F)cc4)cc3)n2)c1. The average Bonchev–Trinajstić information content (AvgIpc) is 2.92. The third kappa shape index (κ3) is 6.82. The predicted octanol–water partition coefficient (Wildman–Crippen LogP) is 4.18. The number of pyridine rings is 1. The zero-order valence-electron chi connectivity index (χ0n) is 19.3. The lowest BCUT2D eigenvalue weighted by molar-refractivity contribution is 0.0949. The van der Waals surface area contributed by atoms with Crippen LogP contribution in [0.5, 0.6) is 11.5 Å². The van der Waals surface area contributed by atoms with Gasteiger partial charge in [-0.25, -0.2) is 18.3 Å². The Morgan fingerprint density at radius 1 is 0.917 bits per heavy atom. The molecule has 1 atom stereocenters. The van der Waals surface area contributed by atoms with Crippen molar-refractivity contribution in [2.24, 2.45) is 5.73 Å². The highest BCUT2D eigenvalue weighted by atomic mass is 32.2. The first-order chi connectivity index (χ1) is 17.5. The maximum atomic E-state index is 13.1. The third-order valence-corrected chi connectivity index (χ3v) is 6.32. The topological polar surface area (TPSA) is 106 Å². The van der Waals surface area contributed by atoms with E-state index in [9.17, 15) is 13.4 Å². The highest BCUT2D eigenvalue weighted by Gasteiger charge is 2.10. The zero-order valence-corrected chi connectivity index (χ0v) is 20.1. The molecule has 0 saturated heterocycles. The van der Waals surface area contributed by atoms with Crippen LogP contribution in [0.15, 0.2) is 95.9 Å². The molecule has 0 spiro atoms. The Bertz CT molecular complexity index is 1350. The van der Waals surface area contributed by atoms with Crippen LogP contribution in [-0.2, 0) is 17.5 Å². The molecule has 0 aliphatic rings. The summed E-state index contributed by atoms with van der Waals surface area (Å²) in [4.78, 5) is 17.7. The monoisotopic (exact) mass is 504 g/mol. The molecule has 0 aliphatic heterocycles. The van der Waals surface area contributed by atoms with Crippen LogP contribution in [0.3, 0.4) is 0 Å². The summed E-state index contributed by atoms with van der Waals surface area (Å²) in [5.74, 6) is 0.473. The second-order valence-corrected chi connectivity index (χ2v) is 9.06. The summed E-state index contributed by atoms with van der Waals surface area (Å²) in [6.45, 7) is 0.976. The fraction of sp³-hybridized carbons (Fsp3) is 0.111. The number of nitrogens with zero attached hydrogens (tertiary/aromatic N) is 1. The summed E-state index contributed by atoms with van der Waals surface area (Å²) in [6, 6.07) is 25.4. The standard InChI is InChI=1S/C27H25FN4O3S/c28-21-9-13-23(14-10-21)35-22-11-7-20(8-12-22)25-5-2-6-26(32-25)27(33)30-15-16-31-36(34)24-4-1-3-19(17-24)18-29/h1-14,17,31H,15-16,18,29H2,(H,30,33). The molecule has 1 heterocycles. The van der Waals surface area contributed by atoms with E-state index >= 15 is 0 Å². The van der Waals surface area contributed by atoms with Gasteiger partial charge in [-0.15, -0.1) is 0 Å². The number of hydrogen-bond acceptors (Lipinski definition) is 5. The Hall–Kier alpha value is -3.92. The first-order valence-electron chi connectivity index (χ1n) is 11.3. The normalized spacial score (nSPS) is 11.6. The summed E-state index contributed by atoms with van der Waals surface area (Å²) in [6.07, 6.45) is 0. The van der Waals surface area contributed by atoms with Gasteiger partial charge in [-0.3, -0.25) is 4.79 Å². The number of rotatable bonds is 10. The van der Waals surface area contributed by atoms with E-state index in [1.54, 1.807) is 48.5 Å². The van der Waals surface area contributed by atoms with Crippen molar-refractivity contribution in [2.45, 2.75) is 11.4 Å². The van der Waals surface area contributed by atoms with E-state index in [1.807, 2.05) is 30.3 Å². The number of nitrogens with one attached hydrogen (secondary N) is 2. The van der Waals surface area contributed by atoms with Gasteiger partial charge in [-0.05, 0) is 78.4 Å². The number of ether oxygens (including phenoxy) is 1. The van der Waals surface area contributed by atoms with Crippen molar-refractivity contribution in [1.29, 1.82) is 0 Å². The van der Waals surface area contributed by atoms with Gasteiger partial charge in [0.05, 0.1) is 10.6 Å². The lowest BCUT2D eigenvalue weighted by Crippen LogP contribution is -2.33. The number of hydrogen-bond donors (Lipinski definition) is 3. The molecule has 3 aromatic carbocycles. The molecule has 0 radical (unpaired) electrons. The Balaban J connectivity index is 1.30. The molecule has 1 amide bonds. The number of carbonyl (C=O) groups is 1. The van der Waals surface area contributed by atoms with Crippen LogP contribution >= 0.6 is 0 Å². The van der Waals surface area contributed by atoms with Crippen molar-refractivity contribution in [3.8, 4) is 22.8 Å². The third-order valence-electron chi connectivity index (χ3n) is 5.17. The quantitative estimate of drug-likeness (QED) is 0.281. The molecule has 4 aromatic rings. The number of amides is 1. The second-order valence-electron chi connectivity index (χ2n) is 7.76. The van der Waals surface area contributed by atoms with E-state index in [2.05, 4.69) is 15.0 Å². The van der Waals surface area contributed by atoms with Crippen LogP contribution in [0, 0.1) is 5.82 Å². The lowest BCUT2D eigenvalue weighted by atomic mass is 10.1. The summed E-state index contributed by atoms with van der Waals surface area (Å²) < 4.78 is 34.0. The Labute approximate surface area is 211 Å². The molecule has 1 aromatic heterocycles.